The molecular weight excluding hydrogens is 248 g/mol. The van der Waals surface area contributed by atoms with Gasteiger partial charge in [0, 0.05) is 6.07 Å². The molecule has 0 bridgehead atoms. The minimum absolute atomic E-state index is 0.0442. The molecule has 0 atom stereocenters. The predicted octanol–water partition coefficient (Wildman–Crippen LogP) is 1.47. The number of rotatable bonds is 2. The van der Waals surface area contributed by atoms with Crippen molar-refractivity contribution in [3.8, 4) is 11.5 Å². The third kappa shape index (κ3) is 2.19. The van der Waals surface area contributed by atoms with E-state index in [1.165, 1.54) is 12.1 Å². The Morgan fingerprint density at radius 2 is 1.82 bits per heavy atom. The van der Waals surface area contributed by atoms with E-state index in [9.17, 15) is 9.59 Å². The molecule has 0 saturated carbocycles. The number of hydrogen-bond donors (Lipinski definition) is 0. The summed E-state index contributed by atoms with van der Waals surface area (Å²) in [6.07, 6.45) is 0. The fraction of sp³-hybridized carbons (Fsp3) is 0.273. The van der Waals surface area contributed by atoms with E-state index in [0.29, 0.717) is 24.7 Å². The summed E-state index contributed by atoms with van der Waals surface area (Å²) < 4.78 is 14.9. The van der Waals surface area contributed by atoms with Crippen LogP contribution >= 0.6 is 11.6 Å². The number of hydrogen-bond acceptors (Lipinski definition) is 5. The summed E-state index contributed by atoms with van der Waals surface area (Å²) in [5.41, 5.74) is 0.0442. The average molecular weight is 257 g/mol. The lowest BCUT2D eigenvalue weighted by Gasteiger charge is -2.19. The normalized spacial score (nSPS) is 13.1. The fourth-order valence-electron chi connectivity index (χ4n) is 1.44. The summed E-state index contributed by atoms with van der Waals surface area (Å²) in [5.74, 6) is -0.923. The largest absolute Gasteiger partial charge is 0.486 e. The molecule has 90 valence electrons. The highest BCUT2D eigenvalue weighted by molar-refractivity contribution is 6.45. The molecule has 0 fully saturated rings. The molecule has 0 radical (unpaired) electrons. The van der Waals surface area contributed by atoms with E-state index >= 15 is 0 Å². The van der Waals surface area contributed by atoms with E-state index in [-0.39, 0.29) is 10.6 Å². The molecule has 6 heteroatoms. The molecular formula is C11H9ClO5. The van der Waals surface area contributed by atoms with Gasteiger partial charge in [0.25, 0.3) is 5.78 Å². The number of ether oxygens (including phenoxy) is 3. The molecule has 0 amide bonds. The maximum atomic E-state index is 11.6. The highest BCUT2D eigenvalue weighted by Gasteiger charge is 2.23. The third-order valence-electron chi connectivity index (χ3n) is 2.25. The van der Waals surface area contributed by atoms with Crippen LogP contribution in [0.5, 0.6) is 11.5 Å². The fourth-order valence-corrected chi connectivity index (χ4v) is 1.68. The molecule has 0 unspecified atom stereocenters. The van der Waals surface area contributed by atoms with E-state index in [2.05, 4.69) is 4.74 Å². The standard InChI is InChI=1S/C11H9ClO5/c1-15-11(14)10(13)6-4-8-9(5-7(6)12)17-3-2-16-8/h4-5H,2-3H2,1H3. The van der Waals surface area contributed by atoms with Crippen molar-refractivity contribution >= 4 is 23.4 Å². The van der Waals surface area contributed by atoms with Crippen LogP contribution in [0.3, 0.4) is 0 Å². The second kappa shape index (κ2) is 4.63. The van der Waals surface area contributed by atoms with Crippen molar-refractivity contribution in [2.75, 3.05) is 20.3 Å². The van der Waals surface area contributed by atoms with Gasteiger partial charge in [0.05, 0.1) is 17.7 Å². The molecule has 1 aliphatic rings. The Balaban J connectivity index is 2.41. The molecule has 1 heterocycles. The zero-order valence-corrected chi connectivity index (χ0v) is 9.74. The van der Waals surface area contributed by atoms with Crippen LogP contribution in [0.2, 0.25) is 5.02 Å². The molecule has 0 saturated heterocycles. The first-order valence-electron chi connectivity index (χ1n) is 4.85. The summed E-state index contributed by atoms with van der Waals surface area (Å²) in [6.45, 7) is 0.814. The van der Waals surface area contributed by atoms with Gasteiger partial charge in [-0.05, 0) is 6.07 Å². The van der Waals surface area contributed by atoms with Crippen molar-refractivity contribution in [1.82, 2.24) is 0 Å². The molecule has 0 spiro atoms. The van der Waals surface area contributed by atoms with Gasteiger partial charge in [-0.3, -0.25) is 4.79 Å². The molecule has 0 aliphatic carbocycles. The number of carbonyl (C=O) groups is 2. The summed E-state index contributed by atoms with van der Waals surface area (Å²) in [4.78, 5) is 22.8. The van der Waals surface area contributed by atoms with Gasteiger partial charge in [-0.25, -0.2) is 4.79 Å². The van der Waals surface area contributed by atoms with Crippen molar-refractivity contribution < 1.29 is 23.8 Å². The van der Waals surface area contributed by atoms with E-state index in [0.717, 1.165) is 7.11 Å². The zero-order valence-electron chi connectivity index (χ0n) is 8.99. The Bertz CT molecular complexity index is 483. The lowest BCUT2D eigenvalue weighted by molar-refractivity contribution is -0.135. The summed E-state index contributed by atoms with van der Waals surface area (Å²) in [7, 11) is 1.13. The lowest BCUT2D eigenvalue weighted by atomic mass is 10.1. The quantitative estimate of drug-likeness (QED) is 0.455. The molecule has 0 aromatic heterocycles. The van der Waals surface area contributed by atoms with Crippen molar-refractivity contribution in [2.45, 2.75) is 0 Å². The second-order valence-electron chi connectivity index (χ2n) is 3.30. The number of benzene rings is 1. The Kier molecular flexibility index (Phi) is 3.19. The number of halogens is 1. The van der Waals surface area contributed by atoms with Crippen molar-refractivity contribution in [1.29, 1.82) is 0 Å². The minimum atomic E-state index is -0.969. The Hall–Kier alpha value is -1.75. The van der Waals surface area contributed by atoms with Crippen LogP contribution in [0, 0.1) is 0 Å². The maximum absolute atomic E-state index is 11.6. The van der Waals surface area contributed by atoms with Crippen LogP contribution < -0.4 is 9.47 Å². The van der Waals surface area contributed by atoms with Gasteiger partial charge in [0.2, 0.25) is 0 Å². The SMILES string of the molecule is COC(=O)C(=O)c1cc2c(cc1Cl)OCCO2. The van der Waals surface area contributed by atoms with Gasteiger partial charge in [-0.15, -0.1) is 0 Å². The van der Waals surface area contributed by atoms with Crippen LogP contribution in [0.15, 0.2) is 12.1 Å². The highest BCUT2D eigenvalue weighted by Crippen LogP contribution is 2.35. The van der Waals surface area contributed by atoms with E-state index in [1.807, 2.05) is 0 Å². The summed E-state index contributed by atoms with van der Waals surface area (Å²) in [6, 6.07) is 2.84. The molecule has 1 aromatic rings. The third-order valence-corrected chi connectivity index (χ3v) is 2.56. The molecule has 17 heavy (non-hydrogen) atoms. The lowest BCUT2D eigenvalue weighted by Crippen LogP contribution is -2.19. The Morgan fingerprint density at radius 3 is 2.41 bits per heavy atom. The van der Waals surface area contributed by atoms with Crippen molar-refractivity contribution in [3.63, 3.8) is 0 Å². The molecule has 1 aliphatic heterocycles. The predicted molar refractivity (Wildman–Crippen MR) is 58.8 cm³/mol. The average Bonchev–Trinajstić information content (AvgIpc) is 2.36. The van der Waals surface area contributed by atoms with Crippen LogP contribution in [0.25, 0.3) is 0 Å². The summed E-state index contributed by atoms with van der Waals surface area (Å²) >= 11 is 5.89. The molecule has 1 aromatic carbocycles. The molecule has 0 N–H and O–H groups in total. The van der Waals surface area contributed by atoms with E-state index in [4.69, 9.17) is 21.1 Å². The topological polar surface area (TPSA) is 61.8 Å². The van der Waals surface area contributed by atoms with Crippen LogP contribution in [-0.2, 0) is 9.53 Å². The van der Waals surface area contributed by atoms with Gasteiger partial charge in [-0.2, -0.15) is 0 Å². The number of carbonyl (C=O) groups excluding carboxylic acids is 2. The van der Waals surface area contributed by atoms with Gasteiger partial charge in [0.15, 0.2) is 11.5 Å². The molecule has 5 nitrogen and oxygen atoms in total. The second-order valence-corrected chi connectivity index (χ2v) is 3.70. The van der Waals surface area contributed by atoms with Crippen LogP contribution in [0.1, 0.15) is 10.4 Å². The monoisotopic (exact) mass is 256 g/mol. The highest BCUT2D eigenvalue weighted by atomic mass is 35.5. The first-order valence-corrected chi connectivity index (χ1v) is 5.23. The summed E-state index contributed by atoms with van der Waals surface area (Å²) in [5, 5.41) is 0.129. The Morgan fingerprint density at radius 1 is 1.24 bits per heavy atom. The van der Waals surface area contributed by atoms with Crippen molar-refractivity contribution in [3.05, 3.63) is 22.7 Å². The minimum Gasteiger partial charge on any atom is -0.486 e. The molecule has 2 rings (SSSR count). The number of Topliss-reactive ketones (excluding diaryl/α,β-unsaturated/α-hetero) is 1. The van der Waals surface area contributed by atoms with E-state index < -0.39 is 11.8 Å². The first kappa shape index (κ1) is 11.7. The number of esters is 1. The van der Waals surface area contributed by atoms with Crippen LogP contribution in [-0.4, -0.2) is 32.1 Å². The van der Waals surface area contributed by atoms with Gasteiger partial charge >= 0.3 is 5.97 Å². The maximum Gasteiger partial charge on any atom is 0.379 e. The van der Waals surface area contributed by atoms with Crippen LogP contribution in [0.4, 0.5) is 0 Å². The first-order chi connectivity index (χ1) is 8.13. The van der Waals surface area contributed by atoms with Gasteiger partial charge in [-0.1, -0.05) is 11.6 Å². The van der Waals surface area contributed by atoms with Gasteiger partial charge < -0.3 is 14.2 Å². The zero-order chi connectivity index (χ0) is 12.4. The van der Waals surface area contributed by atoms with Crippen molar-refractivity contribution in [2.24, 2.45) is 0 Å². The Labute approximate surface area is 102 Å². The number of ketones is 1. The number of fused-ring (bicyclic) bond motifs is 1. The van der Waals surface area contributed by atoms with Gasteiger partial charge in [0.1, 0.15) is 13.2 Å². The smallest absolute Gasteiger partial charge is 0.379 e. The number of methoxy groups -OCH3 is 1. The van der Waals surface area contributed by atoms with E-state index in [1.54, 1.807) is 0 Å².